The monoisotopic (exact) mass is 539 g/mol. The number of nitrogens with zero attached hydrogens (tertiary/aromatic N) is 1. The highest BCUT2D eigenvalue weighted by molar-refractivity contribution is 14.1. The van der Waals surface area contributed by atoms with Crippen LogP contribution in [0.3, 0.4) is 0 Å². The molecule has 0 unspecified atom stereocenters. The highest BCUT2D eigenvalue weighted by Crippen LogP contribution is 2.30. The van der Waals surface area contributed by atoms with Crippen molar-refractivity contribution < 1.29 is 9.53 Å². The molecule has 0 N–H and O–H groups in total. The smallest absolute Gasteiger partial charge is 0.162 e. The third-order valence-corrected chi connectivity index (χ3v) is 6.83. The molecule has 0 saturated carbocycles. The second-order valence-electron chi connectivity index (χ2n) is 8.41. The van der Waals surface area contributed by atoms with Crippen molar-refractivity contribution in [3.63, 3.8) is 0 Å². The summed E-state index contributed by atoms with van der Waals surface area (Å²) in [5.41, 5.74) is 3.23. The van der Waals surface area contributed by atoms with E-state index in [1.165, 1.54) is 11.1 Å². The van der Waals surface area contributed by atoms with Crippen LogP contribution >= 0.6 is 22.6 Å². The van der Waals surface area contributed by atoms with Crippen LogP contribution in [0.25, 0.3) is 0 Å². The largest absolute Gasteiger partial charge is 0.365 e. The fourth-order valence-electron chi connectivity index (χ4n) is 4.31. The van der Waals surface area contributed by atoms with E-state index in [1.54, 1.807) is 0 Å². The number of rotatable bonds is 9. The summed E-state index contributed by atoms with van der Waals surface area (Å²) < 4.78 is 7.80. The van der Waals surface area contributed by atoms with Crippen molar-refractivity contribution in [3.8, 4) is 0 Å². The maximum atomic E-state index is 12.4. The molecule has 3 nitrogen and oxygen atoms in total. The molecule has 1 heterocycles. The van der Waals surface area contributed by atoms with Gasteiger partial charge in [-0.2, -0.15) is 0 Å². The molecule has 1 aliphatic rings. The molecule has 0 spiro atoms. The summed E-state index contributed by atoms with van der Waals surface area (Å²) >= 11 is 2.26. The molecule has 1 saturated heterocycles. The third-order valence-electron chi connectivity index (χ3n) is 6.11. The van der Waals surface area contributed by atoms with E-state index in [1.807, 2.05) is 36.4 Å². The van der Waals surface area contributed by atoms with Crippen LogP contribution < -0.4 is 0 Å². The Labute approximate surface area is 204 Å². The number of ether oxygens (including phenoxy) is 1. The highest BCUT2D eigenvalue weighted by Gasteiger charge is 2.24. The Kier molecular flexibility index (Phi) is 8.49. The maximum absolute atomic E-state index is 12.4. The van der Waals surface area contributed by atoms with Crippen LogP contribution in [-0.4, -0.2) is 36.4 Å². The average molecular weight is 539 g/mol. The van der Waals surface area contributed by atoms with Crippen molar-refractivity contribution in [2.45, 2.75) is 37.9 Å². The number of piperidine rings is 1. The minimum atomic E-state index is -0.0273. The molecule has 0 aliphatic carbocycles. The van der Waals surface area contributed by atoms with Crippen LogP contribution in [0.5, 0.6) is 0 Å². The lowest BCUT2D eigenvalue weighted by Gasteiger charge is -2.34. The Morgan fingerprint density at radius 1 is 0.875 bits per heavy atom. The van der Waals surface area contributed by atoms with Crippen LogP contribution in [0, 0.1) is 3.57 Å². The van der Waals surface area contributed by atoms with Crippen molar-refractivity contribution in [1.82, 2.24) is 4.90 Å². The van der Waals surface area contributed by atoms with Crippen molar-refractivity contribution in [1.29, 1.82) is 0 Å². The van der Waals surface area contributed by atoms with Gasteiger partial charge in [-0.1, -0.05) is 72.8 Å². The van der Waals surface area contributed by atoms with Gasteiger partial charge in [0, 0.05) is 28.6 Å². The summed E-state index contributed by atoms with van der Waals surface area (Å²) in [6.07, 6.45) is 3.81. The summed E-state index contributed by atoms with van der Waals surface area (Å²) in [5, 5.41) is 0. The number of halogens is 1. The first-order chi connectivity index (χ1) is 15.7. The number of carbonyl (C=O) groups excluding carboxylic acids is 1. The molecule has 32 heavy (non-hydrogen) atoms. The molecule has 1 fully saturated rings. The molecule has 4 heteroatoms. The Bertz CT molecular complexity index is 928. The summed E-state index contributed by atoms with van der Waals surface area (Å²) in [6, 6.07) is 28.9. The fourth-order valence-corrected chi connectivity index (χ4v) is 4.67. The zero-order valence-corrected chi connectivity index (χ0v) is 20.5. The van der Waals surface area contributed by atoms with Crippen LogP contribution in [0.15, 0.2) is 84.9 Å². The third kappa shape index (κ3) is 6.50. The van der Waals surface area contributed by atoms with E-state index in [0.29, 0.717) is 6.42 Å². The van der Waals surface area contributed by atoms with E-state index in [0.717, 1.165) is 48.0 Å². The quantitative estimate of drug-likeness (QED) is 0.229. The van der Waals surface area contributed by atoms with E-state index in [9.17, 15) is 4.79 Å². The number of likely N-dealkylation sites (tertiary alicyclic amines) is 1. The Balaban J connectivity index is 1.25. The summed E-state index contributed by atoms with van der Waals surface area (Å²) in [7, 11) is 0. The van der Waals surface area contributed by atoms with Gasteiger partial charge in [0.15, 0.2) is 5.78 Å². The molecule has 166 valence electrons. The summed E-state index contributed by atoms with van der Waals surface area (Å²) in [5.74, 6) is 0.244. The zero-order valence-electron chi connectivity index (χ0n) is 18.3. The lowest BCUT2D eigenvalue weighted by molar-refractivity contribution is -0.0270. The SMILES string of the molecule is O=C(CCCN1CCC(OC(c2ccccc2)c2ccccc2)CC1)c1ccc(I)cc1. The molecule has 3 aromatic carbocycles. The second-order valence-corrected chi connectivity index (χ2v) is 9.66. The lowest BCUT2D eigenvalue weighted by Crippen LogP contribution is -2.38. The minimum absolute atomic E-state index is 0.0273. The number of hydrogen-bond donors (Lipinski definition) is 0. The van der Waals surface area contributed by atoms with Crippen molar-refractivity contribution >= 4 is 28.4 Å². The number of Topliss-reactive ketones (excluding diaryl/α,β-unsaturated/α-hetero) is 1. The summed E-state index contributed by atoms with van der Waals surface area (Å²) in [4.78, 5) is 14.9. The van der Waals surface area contributed by atoms with Gasteiger partial charge in [-0.15, -0.1) is 0 Å². The van der Waals surface area contributed by atoms with E-state index in [-0.39, 0.29) is 18.0 Å². The van der Waals surface area contributed by atoms with Crippen LogP contribution in [0.4, 0.5) is 0 Å². The molecule has 0 radical (unpaired) electrons. The van der Waals surface area contributed by atoms with Gasteiger partial charge in [-0.3, -0.25) is 4.79 Å². The lowest BCUT2D eigenvalue weighted by atomic mass is 10.00. The predicted molar refractivity (Wildman–Crippen MR) is 138 cm³/mol. The average Bonchev–Trinajstić information content (AvgIpc) is 2.85. The van der Waals surface area contributed by atoms with Gasteiger partial charge in [0.1, 0.15) is 6.10 Å². The Morgan fingerprint density at radius 3 is 2.00 bits per heavy atom. The van der Waals surface area contributed by atoms with E-state index in [2.05, 4.69) is 76.0 Å². The standard InChI is InChI=1S/C28H30INO2/c29-25-15-13-22(14-16-25)27(31)12-7-19-30-20-17-26(18-21-30)32-28(23-8-3-1-4-9-23)24-10-5-2-6-11-24/h1-6,8-11,13-16,26,28H,7,12,17-21H2. The number of ketones is 1. The number of benzene rings is 3. The van der Waals surface area contributed by atoms with E-state index < -0.39 is 0 Å². The van der Waals surface area contributed by atoms with E-state index in [4.69, 9.17) is 4.74 Å². The molecular formula is C28H30INO2. The highest BCUT2D eigenvalue weighted by atomic mass is 127. The number of carbonyl (C=O) groups is 1. The van der Waals surface area contributed by atoms with Gasteiger partial charge in [0.05, 0.1) is 6.10 Å². The van der Waals surface area contributed by atoms with Gasteiger partial charge < -0.3 is 9.64 Å². The Hall–Kier alpha value is -2.02. The first kappa shape index (κ1) is 23.1. The fraction of sp³-hybridized carbons (Fsp3) is 0.321. The Morgan fingerprint density at radius 2 is 1.44 bits per heavy atom. The first-order valence-corrected chi connectivity index (χ1v) is 12.5. The van der Waals surface area contributed by atoms with Crippen molar-refractivity contribution in [3.05, 3.63) is 105 Å². The second kappa shape index (κ2) is 11.7. The van der Waals surface area contributed by atoms with Gasteiger partial charge in [0.25, 0.3) is 0 Å². The normalized spacial score (nSPS) is 15.2. The predicted octanol–water partition coefficient (Wildman–Crippen LogP) is 6.52. The zero-order chi connectivity index (χ0) is 22.2. The molecule has 3 aromatic rings. The van der Waals surface area contributed by atoms with Crippen LogP contribution in [0.1, 0.15) is 53.3 Å². The molecule has 4 rings (SSSR count). The van der Waals surface area contributed by atoms with Crippen LogP contribution in [0.2, 0.25) is 0 Å². The van der Waals surface area contributed by atoms with Crippen molar-refractivity contribution in [2.24, 2.45) is 0 Å². The molecule has 0 amide bonds. The molecule has 0 aromatic heterocycles. The minimum Gasteiger partial charge on any atom is -0.365 e. The maximum Gasteiger partial charge on any atom is 0.162 e. The van der Waals surface area contributed by atoms with Crippen molar-refractivity contribution in [2.75, 3.05) is 19.6 Å². The summed E-state index contributed by atoms with van der Waals surface area (Å²) in [6.45, 7) is 3.03. The first-order valence-electron chi connectivity index (χ1n) is 11.5. The van der Waals surface area contributed by atoms with Gasteiger partial charge in [-0.25, -0.2) is 0 Å². The van der Waals surface area contributed by atoms with E-state index >= 15 is 0 Å². The molecule has 1 aliphatic heterocycles. The molecular weight excluding hydrogens is 509 g/mol. The van der Waals surface area contributed by atoms with Gasteiger partial charge in [0.2, 0.25) is 0 Å². The topological polar surface area (TPSA) is 29.5 Å². The molecule has 0 atom stereocenters. The number of hydrogen-bond acceptors (Lipinski definition) is 3. The van der Waals surface area contributed by atoms with Gasteiger partial charge >= 0.3 is 0 Å². The molecule has 0 bridgehead atoms. The van der Waals surface area contributed by atoms with Crippen LogP contribution in [-0.2, 0) is 4.74 Å². The van der Waals surface area contributed by atoms with Gasteiger partial charge in [-0.05, 0) is 71.7 Å².